The molecule has 0 unspecified atom stereocenters. The van der Waals surface area contributed by atoms with Crippen LogP contribution in [0.1, 0.15) is 25.7 Å². The normalized spacial score (nSPS) is 18.9. The van der Waals surface area contributed by atoms with Crippen molar-refractivity contribution < 1.29 is 4.84 Å². The van der Waals surface area contributed by atoms with E-state index in [0.717, 1.165) is 18.8 Å². The van der Waals surface area contributed by atoms with Crippen LogP contribution in [-0.4, -0.2) is 18.2 Å². The first-order chi connectivity index (χ1) is 6.95. The molecule has 0 spiro atoms. The zero-order valence-electron chi connectivity index (χ0n) is 8.48. The van der Waals surface area contributed by atoms with Crippen molar-refractivity contribution in [2.75, 3.05) is 13.1 Å². The van der Waals surface area contributed by atoms with Gasteiger partial charge in [-0.15, -0.1) is 5.06 Å². The zero-order valence-corrected chi connectivity index (χ0v) is 8.48. The first kappa shape index (κ1) is 9.53. The van der Waals surface area contributed by atoms with Gasteiger partial charge in [-0.3, -0.25) is 0 Å². The monoisotopic (exact) mass is 191 g/mol. The Morgan fingerprint density at radius 1 is 0.857 bits per heavy atom. The first-order valence-electron chi connectivity index (χ1n) is 5.43. The van der Waals surface area contributed by atoms with E-state index in [-0.39, 0.29) is 0 Å². The minimum Gasteiger partial charge on any atom is -0.406 e. The number of hydrogen-bond acceptors (Lipinski definition) is 2. The van der Waals surface area contributed by atoms with Gasteiger partial charge in [0.15, 0.2) is 0 Å². The zero-order chi connectivity index (χ0) is 9.64. The van der Waals surface area contributed by atoms with Crippen LogP contribution in [0.5, 0.6) is 5.75 Å². The van der Waals surface area contributed by atoms with Crippen molar-refractivity contribution in [3.8, 4) is 5.75 Å². The number of para-hydroxylation sites is 1. The lowest BCUT2D eigenvalue weighted by Crippen LogP contribution is -2.28. The average molecular weight is 191 g/mol. The molecule has 1 aromatic rings. The van der Waals surface area contributed by atoms with Crippen molar-refractivity contribution in [1.82, 2.24) is 5.06 Å². The molecule has 1 aliphatic heterocycles. The summed E-state index contributed by atoms with van der Waals surface area (Å²) in [5.74, 6) is 0.953. The molecule has 1 heterocycles. The van der Waals surface area contributed by atoms with Crippen LogP contribution in [-0.2, 0) is 0 Å². The molecule has 2 nitrogen and oxygen atoms in total. The quantitative estimate of drug-likeness (QED) is 0.712. The average Bonchev–Trinajstić information content (AvgIpc) is 2.48. The Morgan fingerprint density at radius 3 is 2.14 bits per heavy atom. The van der Waals surface area contributed by atoms with Crippen LogP contribution in [0.15, 0.2) is 30.3 Å². The molecule has 0 aromatic heterocycles. The van der Waals surface area contributed by atoms with Gasteiger partial charge in [0.1, 0.15) is 5.75 Å². The lowest BCUT2D eigenvalue weighted by atomic mass is 10.2. The number of rotatable bonds is 2. The lowest BCUT2D eigenvalue weighted by molar-refractivity contribution is -0.0550. The standard InChI is InChI=1S/C12H17NO/c1-2-7-11-13(10-6-1)14-12-8-4-3-5-9-12/h3-5,8-9H,1-2,6-7,10-11H2. The molecule has 0 aliphatic carbocycles. The highest BCUT2D eigenvalue weighted by molar-refractivity contribution is 5.20. The van der Waals surface area contributed by atoms with Crippen molar-refractivity contribution >= 4 is 0 Å². The van der Waals surface area contributed by atoms with Gasteiger partial charge in [-0.2, -0.15) is 0 Å². The second-order valence-electron chi connectivity index (χ2n) is 3.75. The van der Waals surface area contributed by atoms with Gasteiger partial charge in [-0.25, -0.2) is 0 Å². The van der Waals surface area contributed by atoms with Gasteiger partial charge in [0.2, 0.25) is 0 Å². The Morgan fingerprint density at radius 2 is 1.50 bits per heavy atom. The second-order valence-corrected chi connectivity index (χ2v) is 3.75. The van der Waals surface area contributed by atoms with E-state index < -0.39 is 0 Å². The highest BCUT2D eigenvalue weighted by Crippen LogP contribution is 2.14. The van der Waals surface area contributed by atoms with Gasteiger partial charge in [-0.05, 0) is 25.0 Å². The first-order valence-corrected chi connectivity index (χ1v) is 5.43. The molecule has 0 amide bonds. The Hall–Kier alpha value is -1.02. The second kappa shape index (κ2) is 5.01. The van der Waals surface area contributed by atoms with E-state index in [9.17, 15) is 0 Å². The van der Waals surface area contributed by atoms with Crippen molar-refractivity contribution in [2.45, 2.75) is 25.7 Å². The predicted molar refractivity (Wildman–Crippen MR) is 57.1 cm³/mol. The van der Waals surface area contributed by atoms with Crippen molar-refractivity contribution in [3.05, 3.63) is 30.3 Å². The molecule has 0 bridgehead atoms. The molecule has 76 valence electrons. The van der Waals surface area contributed by atoms with Crippen LogP contribution < -0.4 is 4.84 Å². The molecule has 1 aromatic carbocycles. The minimum absolute atomic E-state index is 0.953. The third kappa shape index (κ3) is 2.74. The van der Waals surface area contributed by atoms with Crippen molar-refractivity contribution in [1.29, 1.82) is 0 Å². The van der Waals surface area contributed by atoms with E-state index in [2.05, 4.69) is 5.06 Å². The highest BCUT2D eigenvalue weighted by atomic mass is 16.7. The Bertz CT molecular complexity index is 252. The Kier molecular flexibility index (Phi) is 3.41. The predicted octanol–water partition coefficient (Wildman–Crippen LogP) is 2.86. The number of hydrogen-bond donors (Lipinski definition) is 0. The molecule has 1 aliphatic rings. The third-order valence-corrected chi connectivity index (χ3v) is 2.54. The summed E-state index contributed by atoms with van der Waals surface area (Å²) in [4.78, 5) is 5.77. The van der Waals surface area contributed by atoms with E-state index in [4.69, 9.17) is 4.84 Å². The van der Waals surface area contributed by atoms with Crippen LogP contribution in [0.3, 0.4) is 0 Å². The molecule has 2 heteroatoms. The summed E-state index contributed by atoms with van der Waals surface area (Å²) in [6, 6.07) is 10.0. The largest absolute Gasteiger partial charge is 0.406 e. The minimum atomic E-state index is 0.953. The van der Waals surface area contributed by atoms with Gasteiger partial charge in [0.05, 0.1) is 0 Å². The summed E-state index contributed by atoms with van der Waals surface area (Å²) >= 11 is 0. The van der Waals surface area contributed by atoms with Gasteiger partial charge in [0, 0.05) is 13.1 Å². The summed E-state index contributed by atoms with van der Waals surface area (Å²) < 4.78 is 0. The molecule has 14 heavy (non-hydrogen) atoms. The highest BCUT2D eigenvalue weighted by Gasteiger charge is 2.09. The molecular formula is C12H17NO. The smallest absolute Gasteiger partial charge is 0.147 e. The van der Waals surface area contributed by atoms with Crippen LogP contribution in [0.4, 0.5) is 0 Å². The molecule has 1 saturated heterocycles. The van der Waals surface area contributed by atoms with E-state index >= 15 is 0 Å². The van der Waals surface area contributed by atoms with E-state index in [1.807, 2.05) is 30.3 Å². The fourth-order valence-electron chi connectivity index (χ4n) is 1.76. The van der Waals surface area contributed by atoms with Gasteiger partial charge >= 0.3 is 0 Å². The summed E-state index contributed by atoms with van der Waals surface area (Å²) in [7, 11) is 0. The Balaban J connectivity index is 1.90. The maximum absolute atomic E-state index is 5.77. The van der Waals surface area contributed by atoms with E-state index in [0.29, 0.717) is 0 Å². The van der Waals surface area contributed by atoms with E-state index in [1.54, 1.807) is 0 Å². The van der Waals surface area contributed by atoms with Crippen LogP contribution >= 0.6 is 0 Å². The molecule has 0 N–H and O–H groups in total. The molecule has 1 fully saturated rings. The summed E-state index contributed by atoms with van der Waals surface area (Å²) in [6.07, 6.45) is 5.20. The van der Waals surface area contributed by atoms with Gasteiger partial charge < -0.3 is 4.84 Å². The number of hydroxylamine groups is 2. The van der Waals surface area contributed by atoms with E-state index in [1.165, 1.54) is 25.7 Å². The molecule has 0 atom stereocenters. The summed E-state index contributed by atoms with van der Waals surface area (Å²) in [5.41, 5.74) is 0. The maximum Gasteiger partial charge on any atom is 0.147 e. The van der Waals surface area contributed by atoms with Crippen molar-refractivity contribution in [2.24, 2.45) is 0 Å². The molecular weight excluding hydrogens is 174 g/mol. The summed E-state index contributed by atoms with van der Waals surface area (Å²) in [5, 5.41) is 2.09. The van der Waals surface area contributed by atoms with Crippen molar-refractivity contribution in [3.63, 3.8) is 0 Å². The number of benzene rings is 1. The van der Waals surface area contributed by atoms with Crippen LogP contribution in [0, 0.1) is 0 Å². The lowest BCUT2D eigenvalue weighted by Gasteiger charge is -2.19. The molecule has 2 rings (SSSR count). The molecule has 0 radical (unpaired) electrons. The van der Waals surface area contributed by atoms with Crippen LogP contribution in [0.25, 0.3) is 0 Å². The molecule has 0 saturated carbocycles. The number of nitrogens with zero attached hydrogens (tertiary/aromatic N) is 1. The maximum atomic E-state index is 5.77. The SMILES string of the molecule is c1ccc(ON2CCCCCC2)cc1. The third-order valence-electron chi connectivity index (χ3n) is 2.54. The fourth-order valence-corrected chi connectivity index (χ4v) is 1.76. The van der Waals surface area contributed by atoms with Crippen LogP contribution in [0.2, 0.25) is 0 Å². The van der Waals surface area contributed by atoms with Gasteiger partial charge in [0.25, 0.3) is 0 Å². The fraction of sp³-hybridized carbons (Fsp3) is 0.500. The topological polar surface area (TPSA) is 12.5 Å². The van der Waals surface area contributed by atoms with Gasteiger partial charge in [-0.1, -0.05) is 31.0 Å². The summed E-state index contributed by atoms with van der Waals surface area (Å²) in [6.45, 7) is 2.13. The Labute approximate surface area is 85.4 Å².